The van der Waals surface area contributed by atoms with Crippen molar-refractivity contribution in [2.75, 3.05) is 13.1 Å². The van der Waals surface area contributed by atoms with Crippen LogP contribution in [0.2, 0.25) is 0 Å². The number of pyridine rings is 2. The Hall–Kier alpha value is -2.18. The van der Waals surface area contributed by atoms with Gasteiger partial charge >= 0.3 is 0 Å². The normalized spacial score (nSPS) is 19.5. The van der Waals surface area contributed by atoms with E-state index in [0.717, 1.165) is 50.2 Å². The second-order valence-corrected chi connectivity index (χ2v) is 10.1. The number of nitrogens with one attached hydrogen (secondary N) is 4. The molecule has 0 aromatic carbocycles. The van der Waals surface area contributed by atoms with Crippen LogP contribution in [-0.2, 0) is 12.8 Å². The van der Waals surface area contributed by atoms with Crippen molar-refractivity contribution in [3.8, 4) is 0 Å². The van der Waals surface area contributed by atoms with E-state index in [4.69, 9.17) is 0 Å². The lowest BCUT2D eigenvalue weighted by atomic mass is 9.91. The molecule has 6 heteroatoms. The molecule has 0 aliphatic heterocycles. The van der Waals surface area contributed by atoms with Gasteiger partial charge in [0.2, 0.25) is 11.1 Å². The van der Waals surface area contributed by atoms with Gasteiger partial charge in [0, 0.05) is 35.6 Å². The van der Waals surface area contributed by atoms with E-state index in [1.54, 1.807) is 12.1 Å². The third-order valence-corrected chi connectivity index (χ3v) is 7.55. The topological polar surface area (TPSA) is 89.8 Å². The van der Waals surface area contributed by atoms with Gasteiger partial charge in [-0.3, -0.25) is 9.59 Å². The van der Waals surface area contributed by atoms with Crippen molar-refractivity contribution in [2.45, 2.75) is 102 Å². The maximum Gasteiger partial charge on any atom is 0.248 e. The molecule has 2 aliphatic carbocycles. The van der Waals surface area contributed by atoms with Gasteiger partial charge in [0.15, 0.2) is 0 Å². The molecule has 34 heavy (non-hydrogen) atoms. The standard InChI is InChI=1S/C28H42N4O2/c33-27-17-15-21-23(11-9-13-25(21)31-27)29-19-7-5-3-1-2-4-6-8-20-30-24-12-10-14-26-22(24)16-18-28(34)32-26/h15-18,23-24,29-30H,1-14,19-20H2,(H,31,33)(H,32,34). The van der Waals surface area contributed by atoms with Crippen LogP contribution in [0.3, 0.4) is 0 Å². The molecule has 2 aliphatic rings. The third kappa shape index (κ3) is 7.16. The quantitative estimate of drug-likeness (QED) is 0.319. The highest BCUT2D eigenvalue weighted by Gasteiger charge is 2.21. The summed E-state index contributed by atoms with van der Waals surface area (Å²) in [6.07, 6.45) is 17.0. The van der Waals surface area contributed by atoms with Crippen molar-refractivity contribution in [1.82, 2.24) is 20.6 Å². The van der Waals surface area contributed by atoms with Gasteiger partial charge in [-0.05, 0) is 75.6 Å². The lowest BCUT2D eigenvalue weighted by Gasteiger charge is -2.26. The number of aromatic nitrogens is 2. The molecule has 0 radical (unpaired) electrons. The summed E-state index contributed by atoms with van der Waals surface area (Å²) in [6, 6.07) is 8.14. The SMILES string of the molecule is O=c1ccc2c([nH]1)CCCC2NCCCCCCCCCCNC1CCCc2[nH]c(=O)ccc21. The molecule has 2 aromatic heterocycles. The van der Waals surface area contributed by atoms with E-state index in [1.165, 1.54) is 75.3 Å². The molecular formula is C28H42N4O2. The highest BCUT2D eigenvalue weighted by atomic mass is 16.1. The number of hydrogen-bond donors (Lipinski definition) is 4. The Bertz CT molecular complexity index is 930. The van der Waals surface area contributed by atoms with Gasteiger partial charge in [0.25, 0.3) is 0 Å². The fourth-order valence-electron chi connectivity index (χ4n) is 5.69. The average molecular weight is 467 g/mol. The zero-order chi connectivity index (χ0) is 23.6. The molecule has 2 heterocycles. The molecule has 186 valence electrons. The first-order valence-corrected chi connectivity index (χ1v) is 13.6. The van der Waals surface area contributed by atoms with Crippen LogP contribution >= 0.6 is 0 Å². The average Bonchev–Trinajstić information content (AvgIpc) is 2.84. The van der Waals surface area contributed by atoms with Crippen LogP contribution in [0.1, 0.15) is 112 Å². The Morgan fingerprint density at radius 3 is 1.47 bits per heavy atom. The third-order valence-electron chi connectivity index (χ3n) is 7.55. The van der Waals surface area contributed by atoms with E-state index in [2.05, 4.69) is 20.6 Å². The van der Waals surface area contributed by atoms with Gasteiger partial charge in [-0.25, -0.2) is 0 Å². The molecule has 0 spiro atoms. The molecule has 2 aromatic rings. The highest BCUT2D eigenvalue weighted by Crippen LogP contribution is 2.28. The molecule has 4 rings (SSSR count). The van der Waals surface area contributed by atoms with Gasteiger partial charge in [-0.1, -0.05) is 50.7 Å². The maximum absolute atomic E-state index is 11.5. The molecule has 2 unspecified atom stereocenters. The number of fused-ring (bicyclic) bond motifs is 2. The van der Waals surface area contributed by atoms with Crippen molar-refractivity contribution in [3.63, 3.8) is 0 Å². The monoisotopic (exact) mass is 466 g/mol. The molecule has 4 N–H and O–H groups in total. The second kappa shape index (κ2) is 13.1. The van der Waals surface area contributed by atoms with E-state index >= 15 is 0 Å². The smallest absolute Gasteiger partial charge is 0.248 e. The minimum Gasteiger partial charge on any atom is -0.326 e. The number of unbranched alkanes of at least 4 members (excludes halogenated alkanes) is 7. The molecular weight excluding hydrogens is 424 g/mol. The number of aromatic amines is 2. The molecule has 0 bridgehead atoms. The van der Waals surface area contributed by atoms with Gasteiger partial charge in [0.1, 0.15) is 0 Å². The van der Waals surface area contributed by atoms with Crippen LogP contribution in [-0.4, -0.2) is 23.1 Å². The minimum atomic E-state index is 0.0179. The highest BCUT2D eigenvalue weighted by molar-refractivity contribution is 5.27. The predicted octanol–water partition coefficient (Wildman–Crippen LogP) is 4.82. The van der Waals surface area contributed by atoms with Gasteiger partial charge in [-0.15, -0.1) is 0 Å². The lowest BCUT2D eigenvalue weighted by Crippen LogP contribution is -2.28. The van der Waals surface area contributed by atoms with Gasteiger partial charge in [-0.2, -0.15) is 0 Å². The Kier molecular flexibility index (Phi) is 9.57. The molecule has 0 saturated heterocycles. The molecule has 6 nitrogen and oxygen atoms in total. The van der Waals surface area contributed by atoms with E-state index in [-0.39, 0.29) is 11.1 Å². The van der Waals surface area contributed by atoms with Crippen LogP contribution < -0.4 is 21.8 Å². The number of rotatable bonds is 13. The Labute approximate surface area is 203 Å². The molecule has 0 amide bonds. The van der Waals surface area contributed by atoms with Crippen LogP contribution in [0.4, 0.5) is 0 Å². The summed E-state index contributed by atoms with van der Waals surface area (Å²) in [4.78, 5) is 29.1. The van der Waals surface area contributed by atoms with Gasteiger partial charge < -0.3 is 20.6 Å². The second-order valence-electron chi connectivity index (χ2n) is 10.1. The summed E-state index contributed by atoms with van der Waals surface area (Å²) in [5.41, 5.74) is 4.89. The molecule has 2 atom stereocenters. The largest absolute Gasteiger partial charge is 0.326 e. The fraction of sp³-hybridized carbons (Fsp3) is 0.643. The lowest BCUT2D eigenvalue weighted by molar-refractivity contribution is 0.438. The van der Waals surface area contributed by atoms with E-state index in [1.807, 2.05) is 12.1 Å². The van der Waals surface area contributed by atoms with Gasteiger partial charge in [0.05, 0.1) is 0 Å². The van der Waals surface area contributed by atoms with E-state index in [0.29, 0.717) is 12.1 Å². The number of H-pyrrole nitrogens is 2. The van der Waals surface area contributed by atoms with E-state index in [9.17, 15) is 9.59 Å². The summed E-state index contributed by atoms with van der Waals surface area (Å²) in [5.74, 6) is 0. The van der Waals surface area contributed by atoms with E-state index < -0.39 is 0 Å². The Morgan fingerprint density at radius 2 is 1.03 bits per heavy atom. The molecule has 0 fully saturated rings. The van der Waals surface area contributed by atoms with Crippen LogP contribution in [0.5, 0.6) is 0 Å². The fourth-order valence-corrected chi connectivity index (χ4v) is 5.69. The van der Waals surface area contributed by atoms with Crippen molar-refractivity contribution in [3.05, 3.63) is 67.5 Å². The van der Waals surface area contributed by atoms with Crippen molar-refractivity contribution in [2.24, 2.45) is 0 Å². The zero-order valence-electron chi connectivity index (χ0n) is 20.6. The molecule has 0 saturated carbocycles. The summed E-state index contributed by atoms with van der Waals surface area (Å²) < 4.78 is 0. The van der Waals surface area contributed by atoms with Crippen LogP contribution in [0.25, 0.3) is 0 Å². The summed E-state index contributed by atoms with van der Waals surface area (Å²) in [5, 5.41) is 7.42. The van der Waals surface area contributed by atoms with Crippen molar-refractivity contribution >= 4 is 0 Å². The van der Waals surface area contributed by atoms with Crippen molar-refractivity contribution in [1.29, 1.82) is 0 Å². The first-order valence-electron chi connectivity index (χ1n) is 13.6. The van der Waals surface area contributed by atoms with Crippen LogP contribution in [0, 0.1) is 0 Å². The first-order chi connectivity index (χ1) is 16.7. The summed E-state index contributed by atoms with van der Waals surface area (Å²) >= 11 is 0. The maximum atomic E-state index is 11.5. The minimum absolute atomic E-state index is 0.0179. The summed E-state index contributed by atoms with van der Waals surface area (Å²) in [6.45, 7) is 2.13. The number of hydrogen-bond acceptors (Lipinski definition) is 4. The van der Waals surface area contributed by atoms with Crippen LogP contribution in [0.15, 0.2) is 33.9 Å². The Morgan fingerprint density at radius 1 is 0.618 bits per heavy atom. The summed E-state index contributed by atoms with van der Waals surface area (Å²) in [7, 11) is 0. The zero-order valence-corrected chi connectivity index (χ0v) is 20.6. The number of aryl methyl sites for hydroxylation is 2. The predicted molar refractivity (Wildman–Crippen MR) is 138 cm³/mol. The first kappa shape index (κ1) is 24.9. The van der Waals surface area contributed by atoms with Crippen molar-refractivity contribution < 1.29 is 0 Å². The Balaban J connectivity index is 0.996.